The van der Waals surface area contributed by atoms with Gasteiger partial charge in [-0.3, -0.25) is 0 Å². The molecule has 86 valence electrons. The second kappa shape index (κ2) is 5.59. The van der Waals surface area contributed by atoms with E-state index in [9.17, 15) is 0 Å². The molecule has 1 rings (SSSR count). The van der Waals surface area contributed by atoms with Crippen molar-refractivity contribution in [1.82, 2.24) is 0 Å². The molecule has 0 saturated heterocycles. The zero-order valence-electron chi connectivity index (χ0n) is 10.4. The third-order valence-electron chi connectivity index (χ3n) is 2.21. The van der Waals surface area contributed by atoms with Gasteiger partial charge in [0.25, 0.3) is 5.95 Å². The van der Waals surface area contributed by atoms with E-state index >= 15 is 0 Å². The maximum Gasteiger partial charge on any atom is 0.321 e. The van der Waals surface area contributed by atoms with Gasteiger partial charge in [-0.05, 0) is 17.9 Å². The van der Waals surface area contributed by atoms with Crippen molar-refractivity contribution >= 4 is 9.76 Å². The Bertz CT molecular complexity index is 228. The lowest BCUT2D eigenvalue weighted by atomic mass is 10.1. The van der Waals surface area contributed by atoms with Crippen molar-refractivity contribution in [3.63, 3.8) is 0 Å². The first-order valence-electron chi connectivity index (χ1n) is 5.82. The van der Waals surface area contributed by atoms with E-state index in [-0.39, 0.29) is 5.04 Å². The summed E-state index contributed by atoms with van der Waals surface area (Å²) in [6.07, 6.45) is 4.67. The Hall–Kier alpha value is -0.443. The maximum atomic E-state index is 5.76. The minimum atomic E-state index is 0.231. The molecule has 0 aromatic rings. The molecule has 0 bridgehead atoms. The number of ether oxygens (including phenoxy) is 1. The molecule has 3 heteroatoms. The first-order chi connectivity index (χ1) is 7.03. The van der Waals surface area contributed by atoms with Crippen LogP contribution in [0.4, 0.5) is 0 Å². The van der Waals surface area contributed by atoms with Gasteiger partial charge in [-0.1, -0.05) is 34.1 Å². The fourth-order valence-electron chi connectivity index (χ4n) is 1.39. The van der Waals surface area contributed by atoms with Crippen molar-refractivity contribution in [3.05, 3.63) is 11.5 Å². The van der Waals surface area contributed by atoms with Gasteiger partial charge < -0.3 is 9.16 Å². The van der Waals surface area contributed by atoms with Crippen LogP contribution in [-0.2, 0) is 9.16 Å². The van der Waals surface area contributed by atoms with Gasteiger partial charge in [-0.25, -0.2) is 0 Å². The van der Waals surface area contributed by atoms with Crippen LogP contribution >= 0.6 is 0 Å². The molecule has 1 aliphatic heterocycles. The Kier molecular flexibility index (Phi) is 4.70. The summed E-state index contributed by atoms with van der Waals surface area (Å²) >= 11 is 0. The molecule has 0 spiro atoms. The highest BCUT2D eigenvalue weighted by Gasteiger charge is 2.21. The molecule has 0 N–H and O–H groups in total. The molecule has 0 atom stereocenters. The van der Waals surface area contributed by atoms with Gasteiger partial charge >= 0.3 is 9.76 Å². The Balaban J connectivity index is 2.43. The zero-order chi connectivity index (χ0) is 11.3. The lowest BCUT2D eigenvalue weighted by Gasteiger charge is -2.17. The molecular weight excluding hydrogens is 204 g/mol. The number of unbranched alkanes of at least 4 members (excludes halogenated alkanes) is 1. The van der Waals surface area contributed by atoms with Crippen molar-refractivity contribution < 1.29 is 9.16 Å². The van der Waals surface area contributed by atoms with Crippen LogP contribution in [0.5, 0.6) is 0 Å². The Morgan fingerprint density at radius 1 is 1.40 bits per heavy atom. The molecule has 1 heterocycles. The largest absolute Gasteiger partial charge is 0.516 e. The molecule has 0 fully saturated rings. The summed E-state index contributed by atoms with van der Waals surface area (Å²) in [5.74, 6) is 0.830. The van der Waals surface area contributed by atoms with E-state index in [2.05, 4.69) is 27.7 Å². The van der Waals surface area contributed by atoms with E-state index in [4.69, 9.17) is 9.16 Å². The smallest absolute Gasteiger partial charge is 0.321 e. The fourth-order valence-corrected chi connectivity index (χ4v) is 1.99. The van der Waals surface area contributed by atoms with Crippen molar-refractivity contribution in [3.8, 4) is 0 Å². The summed E-state index contributed by atoms with van der Waals surface area (Å²) in [5, 5.41) is 0.231. The minimum absolute atomic E-state index is 0.231. The summed E-state index contributed by atoms with van der Waals surface area (Å²) in [6, 6.07) is 0. The van der Waals surface area contributed by atoms with E-state index in [0.29, 0.717) is 9.76 Å². The van der Waals surface area contributed by atoms with Crippen LogP contribution in [0.1, 0.15) is 53.4 Å². The van der Waals surface area contributed by atoms with Gasteiger partial charge in [-0.2, -0.15) is 0 Å². The molecule has 2 radical (unpaired) electrons. The summed E-state index contributed by atoms with van der Waals surface area (Å²) in [4.78, 5) is 0. The van der Waals surface area contributed by atoms with Crippen LogP contribution in [0.15, 0.2) is 11.5 Å². The molecule has 1 aliphatic rings. The summed E-state index contributed by atoms with van der Waals surface area (Å²) in [5.41, 5.74) is 1.38. The summed E-state index contributed by atoms with van der Waals surface area (Å²) in [7, 11) is 0.484. The standard InChI is InChI=1S/C12H22O2Si/c1-5-6-7-10-8-9-13-11(10)14-15-12(2,3)4/h5-9H2,1-4H3. The minimum Gasteiger partial charge on any atom is -0.516 e. The van der Waals surface area contributed by atoms with E-state index in [0.717, 1.165) is 25.4 Å². The third kappa shape index (κ3) is 4.73. The monoisotopic (exact) mass is 226 g/mol. The van der Waals surface area contributed by atoms with Crippen LogP contribution < -0.4 is 0 Å². The predicted molar refractivity (Wildman–Crippen MR) is 63.7 cm³/mol. The molecule has 15 heavy (non-hydrogen) atoms. The quantitative estimate of drug-likeness (QED) is 0.666. The summed E-state index contributed by atoms with van der Waals surface area (Å²) < 4.78 is 11.3. The molecule has 2 nitrogen and oxygen atoms in total. The summed E-state index contributed by atoms with van der Waals surface area (Å²) in [6.45, 7) is 9.59. The lowest BCUT2D eigenvalue weighted by Crippen LogP contribution is -2.13. The Morgan fingerprint density at radius 2 is 2.13 bits per heavy atom. The van der Waals surface area contributed by atoms with Crippen LogP contribution in [0.3, 0.4) is 0 Å². The molecule has 0 aromatic carbocycles. The first-order valence-corrected chi connectivity index (χ1v) is 6.72. The van der Waals surface area contributed by atoms with Gasteiger partial charge in [0.2, 0.25) is 0 Å². The Morgan fingerprint density at radius 3 is 2.73 bits per heavy atom. The van der Waals surface area contributed by atoms with Crippen LogP contribution in [0, 0.1) is 0 Å². The molecule has 0 aromatic heterocycles. The fraction of sp³-hybridized carbons (Fsp3) is 0.833. The van der Waals surface area contributed by atoms with Crippen LogP contribution in [0.25, 0.3) is 0 Å². The third-order valence-corrected chi connectivity index (χ3v) is 3.11. The molecule has 0 unspecified atom stereocenters. The van der Waals surface area contributed by atoms with Gasteiger partial charge in [0.15, 0.2) is 0 Å². The lowest BCUT2D eigenvalue weighted by molar-refractivity contribution is 0.131. The van der Waals surface area contributed by atoms with Crippen LogP contribution in [-0.4, -0.2) is 16.4 Å². The number of hydrogen-bond donors (Lipinski definition) is 0. The van der Waals surface area contributed by atoms with E-state index in [1.165, 1.54) is 18.4 Å². The zero-order valence-corrected chi connectivity index (χ0v) is 11.4. The average molecular weight is 226 g/mol. The molecule has 0 saturated carbocycles. The van der Waals surface area contributed by atoms with Crippen molar-refractivity contribution in [2.45, 2.75) is 58.4 Å². The highest BCUT2D eigenvalue weighted by molar-refractivity contribution is 6.32. The topological polar surface area (TPSA) is 18.5 Å². The second-order valence-electron chi connectivity index (χ2n) is 5.05. The molecule has 0 amide bonds. The highest BCUT2D eigenvalue weighted by atomic mass is 28.2. The van der Waals surface area contributed by atoms with E-state index in [1.54, 1.807) is 0 Å². The van der Waals surface area contributed by atoms with Gasteiger partial charge in [0.05, 0.1) is 6.61 Å². The predicted octanol–water partition coefficient (Wildman–Crippen LogP) is 3.66. The molecule has 0 aliphatic carbocycles. The SMILES string of the molecule is CCCCC1=C(O[Si]C(C)(C)C)OCC1. The number of rotatable bonds is 5. The Labute approximate surface area is 96.0 Å². The first kappa shape index (κ1) is 12.6. The van der Waals surface area contributed by atoms with Gasteiger partial charge in [-0.15, -0.1) is 0 Å². The maximum absolute atomic E-state index is 5.76. The second-order valence-corrected chi connectivity index (χ2v) is 6.96. The number of hydrogen-bond acceptors (Lipinski definition) is 2. The average Bonchev–Trinajstić information content (AvgIpc) is 2.57. The van der Waals surface area contributed by atoms with Crippen molar-refractivity contribution in [2.75, 3.05) is 6.61 Å². The molecular formula is C12H22O2Si. The normalized spacial score (nSPS) is 16.8. The van der Waals surface area contributed by atoms with E-state index < -0.39 is 0 Å². The van der Waals surface area contributed by atoms with Gasteiger partial charge in [0.1, 0.15) is 0 Å². The van der Waals surface area contributed by atoms with E-state index in [1.807, 2.05) is 0 Å². The van der Waals surface area contributed by atoms with Crippen LogP contribution in [0.2, 0.25) is 5.04 Å². The van der Waals surface area contributed by atoms with Gasteiger partial charge in [0, 0.05) is 12.0 Å². The van der Waals surface area contributed by atoms with Crippen molar-refractivity contribution in [1.29, 1.82) is 0 Å². The van der Waals surface area contributed by atoms with Crippen molar-refractivity contribution in [2.24, 2.45) is 0 Å². The highest BCUT2D eigenvalue weighted by Crippen LogP contribution is 2.28.